The third kappa shape index (κ3) is 2.01. The normalized spacial score (nSPS) is 39.8. The number of morpholine rings is 1. The van der Waals surface area contributed by atoms with Crippen molar-refractivity contribution in [2.75, 3.05) is 26.2 Å². The molecule has 3 aliphatic rings. The van der Waals surface area contributed by atoms with Crippen LogP contribution in [0, 0.1) is 11.8 Å². The van der Waals surface area contributed by atoms with Crippen LogP contribution >= 0.6 is 0 Å². The molecule has 0 spiro atoms. The maximum absolute atomic E-state index is 5.56. The molecule has 0 radical (unpaired) electrons. The van der Waals surface area contributed by atoms with Crippen molar-refractivity contribution in [3.63, 3.8) is 0 Å². The lowest BCUT2D eigenvalue weighted by atomic mass is 10.0. The molecule has 2 heteroatoms. The summed E-state index contributed by atoms with van der Waals surface area (Å²) in [6.07, 6.45) is 8.73. The summed E-state index contributed by atoms with van der Waals surface area (Å²) in [5, 5.41) is 0. The van der Waals surface area contributed by atoms with Crippen LogP contribution in [0.25, 0.3) is 0 Å². The zero-order valence-corrected chi connectivity index (χ0v) is 9.36. The third-order valence-corrected chi connectivity index (χ3v) is 3.72. The molecule has 3 atom stereocenters. The number of nitrogens with zero attached hydrogens (tertiary/aromatic N) is 1. The molecule has 0 aromatic carbocycles. The molecule has 2 fully saturated rings. The van der Waals surface area contributed by atoms with E-state index in [1.54, 1.807) is 5.57 Å². The van der Waals surface area contributed by atoms with Crippen molar-refractivity contribution in [1.82, 2.24) is 4.90 Å². The molecule has 1 saturated heterocycles. The number of hydrogen-bond donors (Lipinski definition) is 0. The van der Waals surface area contributed by atoms with Crippen molar-refractivity contribution >= 4 is 0 Å². The molecule has 2 nitrogen and oxygen atoms in total. The van der Waals surface area contributed by atoms with Crippen molar-refractivity contribution in [1.29, 1.82) is 0 Å². The van der Waals surface area contributed by atoms with Gasteiger partial charge in [-0.05, 0) is 25.2 Å². The van der Waals surface area contributed by atoms with Gasteiger partial charge < -0.3 is 4.74 Å². The molecule has 15 heavy (non-hydrogen) atoms. The smallest absolute Gasteiger partial charge is 0.0674 e. The van der Waals surface area contributed by atoms with E-state index in [0.717, 1.165) is 31.5 Å². The molecule has 3 unspecified atom stereocenters. The molecule has 1 heterocycles. The summed E-state index contributed by atoms with van der Waals surface area (Å²) in [7, 11) is 0. The van der Waals surface area contributed by atoms with E-state index in [1.807, 2.05) is 0 Å². The minimum atomic E-state index is 0.411. The first-order valence-corrected chi connectivity index (χ1v) is 6.04. The first-order chi connectivity index (χ1) is 7.33. The van der Waals surface area contributed by atoms with E-state index in [2.05, 4.69) is 30.1 Å². The molecular formula is C13H19NO. The van der Waals surface area contributed by atoms with Gasteiger partial charge in [-0.1, -0.05) is 23.8 Å². The highest BCUT2D eigenvalue weighted by atomic mass is 16.5. The van der Waals surface area contributed by atoms with E-state index in [-0.39, 0.29) is 0 Å². The second-order valence-corrected chi connectivity index (χ2v) is 5.05. The van der Waals surface area contributed by atoms with Gasteiger partial charge in [0.2, 0.25) is 0 Å². The molecule has 3 rings (SSSR count). The Hall–Kier alpha value is -0.600. The molecule has 0 bridgehead atoms. The largest absolute Gasteiger partial charge is 0.376 e. The number of ether oxygens (including phenoxy) is 1. The van der Waals surface area contributed by atoms with Crippen LogP contribution in [-0.2, 0) is 4.74 Å². The van der Waals surface area contributed by atoms with Gasteiger partial charge >= 0.3 is 0 Å². The lowest BCUT2D eigenvalue weighted by Crippen LogP contribution is -2.42. The highest BCUT2D eigenvalue weighted by Crippen LogP contribution is 2.47. The van der Waals surface area contributed by atoms with Crippen LogP contribution in [0.4, 0.5) is 0 Å². The molecular weight excluding hydrogens is 186 g/mol. The van der Waals surface area contributed by atoms with Gasteiger partial charge in [-0.15, -0.1) is 0 Å². The first kappa shape index (κ1) is 9.61. The van der Waals surface area contributed by atoms with Crippen LogP contribution in [0.3, 0.4) is 0 Å². The standard InChI is InChI=1S/C13H19NO/c1-10-8-14(5-6-15-10)9-12-4-2-3-11-7-13(11)12/h2-4,10-11,13H,5-9H2,1H3. The summed E-state index contributed by atoms with van der Waals surface area (Å²) < 4.78 is 5.56. The molecule has 0 amide bonds. The summed E-state index contributed by atoms with van der Waals surface area (Å²) in [4.78, 5) is 2.54. The summed E-state index contributed by atoms with van der Waals surface area (Å²) in [6, 6.07) is 0. The van der Waals surface area contributed by atoms with Crippen LogP contribution in [0.5, 0.6) is 0 Å². The zero-order chi connectivity index (χ0) is 10.3. The van der Waals surface area contributed by atoms with Gasteiger partial charge in [0.05, 0.1) is 12.7 Å². The second kappa shape index (κ2) is 3.76. The highest BCUT2D eigenvalue weighted by molar-refractivity contribution is 5.31. The third-order valence-electron chi connectivity index (χ3n) is 3.72. The predicted molar refractivity (Wildman–Crippen MR) is 60.7 cm³/mol. The van der Waals surface area contributed by atoms with Crippen LogP contribution in [0.15, 0.2) is 23.8 Å². The summed E-state index contributed by atoms with van der Waals surface area (Å²) >= 11 is 0. The maximum atomic E-state index is 5.56. The Kier molecular flexibility index (Phi) is 2.41. The molecule has 0 aromatic rings. The summed E-state index contributed by atoms with van der Waals surface area (Å²) in [6.45, 7) is 6.43. The monoisotopic (exact) mass is 205 g/mol. The second-order valence-electron chi connectivity index (χ2n) is 5.05. The first-order valence-electron chi connectivity index (χ1n) is 6.04. The van der Waals surface area contributed by atoms with E-state index < -0.39 is 0 Å². The van der Waals surface area contributed by atoms with E-state index in [0.29, 0.717) is 6.10 Å². The molecule has 1 aliphatic heterocycles. The van der Waals surface area contributed by atoms with Gasteiger partial charge in [0.15, 0.2) is 0 Å². The minimum Gasteiger partial charge on any atom is -0.376 e. The lowest BCUT2D eigenvalue weighted by Gasteiger charge is -2.32. The Morgan fingerprint density at radius 3 is 3.33 bits per heavy atom. The van der Waals surface area contributed by atoms with Crippen molar-refractivity contribution in [2.45, 2.75) is 19.4 Å². The Balaban J connectivity index is 1.60. The van der Waals surface area contributed by atoms with Crippen LogP contribution in [0.1, 0.15) is 13.3 Å². The molecule has 82 valence electrons. The van der Waals surface area contributed by atoms with Crippen molar-refractivity contribution in [2.24, 2.45) is 11.8 Å². The Morgan fingerprint density at radius 2 is 2.47 bits per heavy atom. The molecule has 1 saturated carbocycles. The average Bonchev–Trinajstić information content (AvgIpc) is 2.97. The summed E-state index contributed by atoms with van der Waals surface area (Å²) in [5.41, 5.74) is 1.65. The maximum Gasteiger partial charge on any atom is 0.0674 e. The van der Waals surface area contributed by atoms with Gasteiger partial charge in [-0.3, -0.25) is 4.90 Å². The van der Waals surface area contributed by atoms with Crippen LogP contribution in [-0.4, -0.2) is 37.2 Å². The fourth-order valence-corrected chi connectivity index (χ4v) is 2.76. The zero-order valence-electron chi connectivity index (χ0n) is 9.36. The Bertz CT molecular complexity index is 308. The van der Waals surface area contributed by atoms with Gasteiger partial charge in [0.1, 0.15) is 0 Å². The molecule has 0 aromatic heterocycles. The topological polar surface area (TPSA) is 12.5 Å². The molecule has 2 aliphatic carbocycles. The minimum absolute atomic E-state index is 0.411. The van der Waals surface area contributed by atoms with Crippen LogP contribution in [0.2, 0.25) is 0 Å². The average molecular weight is 205 g/mol. The van der Waals surface area contributed by atoms with E-state index in [4.69, 9.17) is 4.74 Å². The van der Waals surface area contributed by atoms with Crippen molar-refractivity contribution in [3.05, 3.63) is 23.8 Å². The van der Waals surface area contributed by atoms with Crippen LogP contribution < -0.4 is 0 Å². The van der Waals surface area contributed by atoms with E-state index >= 15 is 0 Å². The predicted octanol–water partition coefficient (Wildman–Crippen LogP) is 1.84. The van der Waals surface area contributed by atoms with Gasteiger partial charge in [-0.2, -0.15) is 0 Å². The number of hydrogen-bond acceptors (Lipinski definition) is 2. The Labute approximate surface area is 91.6 Å². The summed E-state index contributed by atoms with van der Waals surface area (Å²) in [5.74, 6) is 1.76. The number of rotatable bonds is 2. The lowest BCUT2D eigenvalue weighted by molar-refractivity contribution is -0.0152. The fraction of sp³-hybridized carbons (Fsp3) is 0.692. The Morgan fingerprint density at radius 1 is 1.53 bits per heavy atom. The van der Waals surface area contributed by atoms with Crippen molar-refractivity contribution in [3.8, 4) is 0 Å². The highest BCUT2D eigenvalue weighted by Gasteiger charge is 2.39. The van der Waals surface area contributed by atoms with Gasteiger partial charge in [0, 0.05) is 19.6 Å². The SMILES string of the molecule is CC1CN(CC2=CC=CC3CC23)CCO1. The quantitative estimate of drug-likeness (QED) is 0.682. The van der Waals surface area contributed by atoms with Crippen molar-refractivity contribution < 1.29 is 4.74 Å². The number of fused-ring (bicyclic) bond motifs is 1. The fourth-order valence-electron chi connectivity index (χ4n) is 2.76. The van der Waals surface area contributed by atoms with E-state index in [9.17, 15) is 0 Å². The van der Waals surface area contributed by atoms with Gasteiger partial charge in [0.25, 0.3) is 0 Å². The van der Waals surface area contributed by atoms with Gasteiger partial charge in [-0.25, -0.2) is 0 Å². The number of allylic oxidation sites excluding steroid dienone is 3. The molecule has 0 N–H and O–H groups in total. The van der Waals surface area contributed by atoms with E-state index in [1.165, 1.54) is 13.0 Å².